The molecule has 0 aliphatic heterocycles. The van der Waals surface area contributed by atoms with Crippen LogP contribution in [0.2, 0.25) is 5.02 Å². The van der Waals surface area contributed by atoms with Crippen molar-refractivity contribution in [3.05, 3.63) is 23.2 Å². The van der Waals surface area contributed by atoms with E-state index in [4.69, 9.17) is 17.3 Å². The average Bonchev–Trinajstić information content (AvgIpc) is 2.08. The van der Waals surface area contributed by atoms with Crippen molar-refractivity contribution in [3.8, 4) is 0 Å². The molecule has 7 heteroatoms. The first-order chi connectivity index (χ1) is 6.35. The molecule has 78 valence electrons. The minimum Gasteiger partial charge on any atom is -0.399 e. The van der Waals surface area contributed by atoms with Gasteiger partial charge in [-0.3, -0.25) is 0 Å². The zero-order chi connectivity index (χ0) is 10.9. The summed E-state index contributed by atoms with van der Waals surface area (Å²) in [5.41, 5.74) is 5.32. The molecular formula is C7H6ClF2NO2S. The highest BCUT2D eigenvalue weighted by molar-refractivity contribution is 7.91. The lowest BCUT2D eigenvalue weighted by molar-refractivity contribution is 0.235. The minimum absolute atomic E-state index is 0.0635. The summed E-state index contributed by atoms with van der Waals surface area (Å²) in [5, 5.41) is -0.264. The number of nitrogen functional groups attached to an aromatic ring is 1. The van der Waals surface area contributed by atoms with Crippen LogP contribution in [0.15, 0.2) is 23.1 Å². The van der Waals surface area contributed by atoms with Gasteiger partial charge in [-0.2, -0.15) is 8.78 Å². The van der Waals surface area contributed by atoms with Crippen molar-refractivity contribution < 1.29 is 17.2 Å². The van der Waals surface area contributed by atoms with E-state index >= 15 is 0 Å². The fraction of sp³-hybridized carbons (Fsp3) is 0.143. The van der Waals surface area contributed by atoms with Crippen LogP contribution in [0.1, 0.15) is 0 Å². The van der Waals surface area contributed by atoms with Crippen LogP contribution in [-0.2, 0) is 9.84 Å². The zero-order valence-corrected chi connectivity index (χ0v) is 8.32. The Hall–Kier alpha value is -0.880. The lowest BCUT2D eigenvalue weighted by Gasteiger charge is -2.05. The van der Waals surface area contributed by atoms with Crippen molar-refractivity contribution in [2.75, 3.05) is 5.73 Å². The van der Waals surface area contributed by atoms with Crippen molar-refractivity contribution in [2.45, 2.75) is 10.7 Å². The first-order valence-electron chi connectivity index (χ1n) is 3.43. The van der Waals surface area contributed by atoms with Gasteiger partial charge in [-0.1, -0.05) is 11.6 Å². The Morgan fingerprint density at radius 2 is 1.93 bits per heavy atom. The Bertz CT molecular complexity index is 447. The minimum atomic E-state index is -4.68. The molecule has 0 unspecified atom stereocenters. The smallest absolute Gasteiger partial charge is 0.341 e. The number of anilines is 1. The third kappa shape index (κ3) is 1.96. The standard InChI is InChI=1S/C7H6ClF2NO2S/c8-5-2-1-4(11)3-6(5)14(12,13)7(9)10/h1-3,7H,11H2. The summed E-state index contributed by atoms with van der Waals surface area (Å²) in [6.07, 6.45) is 0. The van der Waals surface area contributed by atoms with E-state index < -0.39 is 20.5 Å². The lowest BCUT2D eigenvalue weighted by atomic mass is 10.3. The van der Waals surface area contributed by atoms with Crippen molar-refractivity contribution in [3.63, 3.8) is 0 Å². The third-order valence-corrected chi connectivity index (χ3v) is 3.36. The van der Waals surface area contributed by atoms with Crippen LogP contribution in [0.4, 0.5) is 14.5 Å². The monoisotopic (exact) mass is 241 g/mol. The number of benzene rings is 1. The Kier molecular flexibility index (Phi) is 2.96. The maximum atomic E-state index is 12.1. The van der Waals surface area contributed by atoms with E-state index in [0.717, 1.165) is 12.1 Å². The Morgan fingerprint density at radius 1 is 1.36 bits per heavy atom. The molecule has 1 aromatic rings. The average molecular weight is 242 g/mol. The van der Waals surface area contributed by atoms with Gasteiger partial charge in [0.05, 0.1) is 9.92 Å². The number of nitrogens with two attached hydrogens (primary N) is 1. The molecule has 0 atom stereocenters. The van der Waals surface area contributed by atoms with Crippen molar-refractivity contribution in [1.82, 2.24) is 0 Å². The Morgan fingerprint density at radius 3 is 2.43 bits per heavy atom. The van der Waals surface area contributed by atoms with Crippen LogP contribution >= 0.6 is 11.6 Å². The van der Waals surface area contributed by atoms with Crippen LogP contribution < -0.4 is 5.73 Å². The second-order valence-electron chi connectivity index (χ2n) is 2.50. The van der Waals surface area contributed by atoms with Crippen molar-refractivity contribution in [2.24, 2.45) is 0 Å². The predicted molar refractivity (Wildman–Crippen MR) is 49.1 cm³/mol. The van der Waals surface area contributed by atoms with Crippen LogP contribution in [0.25, 0.3) is 0 Å². The highest BCUT2D eigenvalue weighted by Crippen LogP contribution is 2.27. The molecule has 14 heavy (non-hydrogen) atoms. The van der Waals surface area contributed by atoms with Gasteiger partial charge in [0.1, 0.15) is 0 Å². The van der Waals surface area contributed by atoms with Gasteiger partial charge in [0.2, 0.25) is 9.84 Å². The summed E-state index contributed by atoms with van der Waals surface area (Å²) in [6, 6.07) is 3.39. The van der Waals surface area contributed by atoms with E-state index in [1.807, 2.05) is 0 Å². The maximum absolute atomic E-state index is 12.1. The number of alkyl halides is 2. The molecule has 0 saturated carbocycles. The number of hydrogen-bond donors (Lipinski definition) is 1. The fourth-order valence-corrected chi connectivity index (χ4v) is 2.11. The summed E-state index contributed by atoms with van der Waals surface area (Å²) >= 11 is 5.46. The molecule has 0 amide bonds. The van der Waals surface area contributed by atoms with Crippen molar-refractivity contribution in [1.29, 1.82) is 0 Å². The first-order valence-corrected chi connectivity index (χ1v) is 5.35. The van der Waals surface area contributed by atoms with Gasteiger partial charge in [0.15, 0.2) is 0 Å². The summed E-state index contributed by atoms with van der Waals surface area (Å²) in [5.74, 6) is -3.50. The molecule has 0 bridgehead atoms. The molecule has 2 N–H and O–H groups in total. The SMILES string of the molecule is Nc1ccc(Cl)c(S(=O)(=O)C(F)F)c1. The van der Waals surface area contributed by atoms with Crippen molar-refractivity contribution >= 4 is 27.1 Å². The van der Waals surface area contributed by atoms with Gasteiger partial charge < -0.3 is 5.73 Å². The number of rotatable bonds is 2. The highest BCUT2D eigenvalue weighted by atomic mass is 35.5. The normalized spacial score (nSPS) is 12.0. The van der Waals surface area contributed by atoms with E-state index in [1.54, 1.807) is 0 Å². The molecule has 0 aliphatic rings. The quantitative estimate of drug-likeness (QED) is 0.805. The second kappa shape index (κ2) is 3.70. The molecular weight excluding hydrogens is 236 g/mol. The number of halogens is 3. The van der Waals surface area contributed by atoms with E-state index in [0.29, 0.717) is 0 Å². The first kappa shape index (κ1) is 11.2. The van der Waals surface area contributed by atoms with Gasteiger partial charge >= 0.3 is 5.76 Å². The van der Waals surface area contributed by atoms with Crippen LogP contribution in [-0.4, -0.2) is 14.2 Å². The molecule has 0 saturated heterocycles. The third-order valence-electron chi connectivity index (χ3n) is 1.50. The Balaban J connectivity index is 3.40. The number of sulfone groups is 1. The Labute approximate surface area is 84.4 Å². The van der Waals surface area contributed by atoms with Gasteiger partial charge in [0, 0.05) is 5.69 Å². The predicted octanol–water partition coefficient (Wildman–Crippen LogP) is 1.92. The zero-order valence-electron chi connectivity index (χ0n) is 6.75. The van der Waals surface area contributed by atoms with E-state index in [-0.39, 0.29) is 10.7 Å². The fourth-order valence-electron chi connectivity index (χ4n) is 0.834. The van der Waals surface area contributed by atoms with E-state index in [1.165, 1.54) is 6.07 Å². The summed E-state index contributed by atoms with van der Waals surface area (Å²) in [4.78, 5) is -0.644. The van der Waals surface area contributed by atoms with Gasteiger partial charge in [-0.15, -0.1) is 0 Å². The summed E-state index contributed by atoms with van der Waals surface area (Å²) in [7, 11) is -4.68. The van der Waals surface area contributed by atoms with Crippen LogP contribution in [0.5, 0.6) is 0 Å². The molecule has 3 nitrogen and oxygen atoms in total. The molecule has 0 radical (unpaired) electrons. The van der Waals surface area contributed by atoms with E-state index in [2.05, 4.69) is 0 Å². The van der Waals surface area contributed by atoms with Gasteiger partial charge in [-0.05, 0) is 18.2 Å². The molecule has 1 aromatic carbocycles. The van der Waals surface area contributed by atoms with Gasteiger partial charge in [0.25, 0.3) is 0 Å². The molecule has 1 rings (SSSR count). The lowest BCUT2D eigenvalue weighted by Crippen LogP contribution is -2.12. The molecule has 0 aromatic heterocycles. The number of hydrogen-bond acceptors (Lipinski definition) is 3. The molecule has 0 spiro atoms. The maximum Gasteiger partial charge on any atom is 0.341 e. The molecule has 0 aliphatic carbocycles. The summed E-state index contributed by atoms with van der Waals surface area (Å²) < 4.78 is 46.3. The van der Waals surface area contributed by atoms with E-state index in [9.17, 15) is 17.2 Å². The summed E-state index contributed by atoms with van der Waals surface area (Å²) in [6.45, 7) is 0. The van der Waals surface area contributed by atoms with Gasteiger partial charge in [-0.25, -0.2) is 8.42 Å². The van der Waals surface area contributed by atoms with Crippen LogP contribution in [0, 0.1) is 0 Å². The molecule has 0 heterocycles. The topological polar surface area (TPSA) is 60.2 Å². The largest absolute Gasteiger partial charge is 0.399 e. The highest BCUT2D eigenvalue weighted by Gasteiger charge is 2.28. The van der Waals surface area contributed by atoms with Crippen LogP contribution in [0.3, 0.4) is 0 Å². The second-order valence-corrected chi connectivity index (χ2v) is 4.79. The molecule has 0 fully saturated rings.